The normalized spacial score (nSPS) is 19.8. The Morgan fingerprint density at radius 2 is 1.90 bits per heavy atom. The van der Waals surface area contributed by atoms with Crippen LogP contribution < -0.4 is 10.7 Å². The van der Waals surface area contributed by atoms with E-state index in [2.05, 4.69) is 4.98 Å². The highest BCUT2D eigenvalue weighted by molar-refractivity contribution is 8.15. The maximum atomic E-state index is 14.6. The van der Waals surface area contributed by atoms with Gasteiger partial charge in [0.05, 0.1) is 12.0 Å². The number of rotatable bonds is 5. The van der Waals surface area contributed by atoms with Crippen molar-refractivity contribution in [2.24, 2.45) is 23.8 Å². The fourth-order valence-corrected chi connectivity index (χ4v) is 5.10. The largest absolute Gasteiger partial charge is 0.336 e. The highest BCUT2D eigenvalue weighted by Crippen LogP contribution is 2.53. The van der Waals surface area contributed by atoms with E-state index in [0.29, 0.717) is 17.4 Å². The molecule has 0 bridgehead atoms. The van der Waals surface area contributed by atoms with Gasteiger partial charge in [0.1, 0.15) is 21.5 Å². The fourth-order valence-electron chi connectivity index (χ4n) is 3.65. The van der Waals surface area contributed by atoms with Crippen LogP contribution in [0, 0.1) is 24.5 Å². The number of imidazole rings is 1. The van der Waals surface area contributed by atoms with Crippen LogP contribution in [-0.2, 0) is 11.9 Å². The van der Waals surface area contributed by atoms with Gasteiger partial charge in [-0.2, -0.15) is 5.10 Å². The Hall–Kier alpha value is -2.71. The minimum atomic E-state index is -0.761. The lowest BCUT2D eigenvalue weighted by Gasteiger charge is -2.40. The second-order valence-electron chi connectivity index (χ2n) is 7.41. The smallest absolute Gasteiger partial charge is 0.171 e. The zero-order valence-electron chi connectivity index (χ0n) is 17.0. The predicted octanol–water partition coefficient (Wildman–Crippen LogP) is 4.37. The van der Waals surface area contributed by atoms with Gasteiger partial charge < -0.3 is 10.3 Å². The van der Waals surface area contributed by atoms with Crippen LogP contribution >= 0.6 is 11.8 Å². The van der Waals surface area contributed by atoms with Crippen LogP contribution in [0.4, 0.5) is 14.6 Å². The molecule has 1 aliphatic rings. The van der Waals surface area contributed by atoms with Gasteiger partial charge in [0.2, 0.25) is 0 Å². The van der Waals surface area contributed by atoms with E-state index in [1.165, 1.54) is 17.8 Å². The van der Waals surface area contributed by atoms with Crippen LogP contribution in [0.3, 0.4) is 0 Å². The van der Waals surface area contributed by atoms with Gasteiger partial charge in [-0.15, -0.1) is 0 Å². The van der Waals surface area contributed by atoms with Gasteiger partial charge in [0, 0.05) is 18.5 Å². The third kappa shape index (κ3) is 3.20. The van der Waals surface area contributed by atoms with E-state index in [9.17, 15) is 8.78 Å². The van der Waals surface area contributed by atoms with Crippen molar-refractivity contribution in [1.29, 1.82) is 0 Å². The number of hydrogen-bond donors (Lipinski definition) is 1. The first-order chi connectivity index (χ1) is 14.4. The van der Waals surface area contributed by atoms with Crippen LogP contribution in [0.15, 0.2) is 60.0 Å². The fraction of sp³-hybridized carbons (Fsp3) is 0.273. The van der Waals surface area contributed by atoms with E-state index in [1.54, 1.807) is 6.33 Å². The second-order valence-corrected chi connectivity index (χ2v) is 8.62. The Bertz CT molecular complexity index is 1100. The molecule has 2 aromatic carbocycles. The summed E-state index contributed by atoms with van der Waals surface area (Å²) in [5.74, 6) is -0.464. The number of aryl methyl sites for hydroxylation is 1. The molecule has 156 valence electrons. The first-order valence-electron chi connectivity index (χ1n) is 9.65. The molecular weight excluding hydrogens is 404 g/mol. The summed E-state index contributed by atoms with van der Waals surface area (Å²) >= 11 is 1.38. The summed E-state index contributed by atoms with van der Waals surface area (Å²) in [6.07, 6.45) is 1.72. The van der Waals surface area contributed by atoms with Crippen molar-refractivity contribution >= 4 is 22.6 Å². The number of aromatic nitrogens is 2. The van der Waals surface area contributed by atoms with Gasteiger partial charge in [0.25, 0.3) is 0 Å². The molecule has 8 heteroatoms. The third-order valence-corrected chi connectivity index (χ3v) is 7.15. The molecule has 2 unspecified atom stereocenters. The predicted molar refractivity (Wildman–Crippen MR) is 117 cm³/mol. The van der Waals surface area contributed by atoms with Crippen molar-refractivity contribution in [3.05, 3.63) is 83.3 Å². The zero-order chi connectivity index (χ0) is 21.5. The number of nitrogens with zero attached hydrogens (tertiary/aromatic N) is 4. The highest BCUT2D eigenvalue weighted by Gasteiger charge is 2.51. The molecule has 5 nitrogen and oxygen atoms in total. The zero-order valence-corrected chi connectivity index (χ0v) is 17.8. The quantitative estimate of drug-likeness (QED) is 0.657. The standard InChI is InChI=1S/C22H23F2N5S/c1-14(12-25)22(16-7-5-4-6-8-16)29(20-15(2)28(3)13-26-20)27-21(30-22)18-11-17(23)9-10-19(18)24/h4-11,13-14H,12,25H2,1-3H3. The molecule has 0 amide bonds. The van der Waals surface area contributed by atoms with Crippen molar-refractivity contribution < 1.29 is 8.78 Å². The van der Waals surface area contributed by atoms with Gasteiger partial charge in [-0.1, -0.05) is 49.0 Å². The molecule has 1 aromatic heterocycles. The summed E-state index contributed by atoms with van der Waals surface area (Å²) in [4.78, 5) is 3.80. The lowest BCUT2D eigenvalue weighted by atomic mass is 9.92. The Morgan fingerprint density at radius 1 is 1.17 bits per heavy atom. The average molecular weight is 428 g/mol. The summed E-state index contributed by atoms with van der Waals surface area (Å²) in [6, 6.07) is 13.3. The molecule has 0 radical (unpaired) electrons. The minimum Gasteiger partial charge on any atom is -0.336 e. The monoisotopic (exact) mass is 427 g/mol. The first kappa shape index (κ1) is 20.6. The second kappa shape index (κ2) is 7.85. The van der Waals surface area contributed by atoms with E-state index in [4.69, 9.17) is 10.8 Å². The number of hydrogen-bond acceptors (Lipinski definition) is 5. The SMILES string of the molecule is Cc1c(N2N=C(c3cc(F)ccc3F)SC2(c2ccccc2)C(C)CN)ncn1C. The van der Waals surface area contributed by atoms with E-state index >= 15 is 0 Å². The van der Waals surface area contributed by atoms with Gasteiger partial charge in [-0.25, -0.2) is 18.8 Å². The lowest BCUT2D eigenvalue weighted by molar-refractivity contribution is 0.410. The van der Waals surface area contributed by atoms with Crippen LogP contribution in [0.5, 0.6) is 0 Å². The Balaban J connectivity index is 1.96. The molecular formula is C22H23F2N5S. The molecule has 0 aliphatic carbocycles. The molecule has 0 fully saturated rings. The molecule has 0 spiro atoms. The van der Waals surface area contributed by atoms with E-state index in [1.807, 2.05) is 60.8 Å². The Labute approximate surface area is 178 Å². The van der Waals surface area contributed by atoms with Gasteiger partial charge >= 0.3 is 0 Å². The molecule has 2 N–H and O–H groups in total. The number of halogens is 2. The van der Waals surface area contributed by atoms with Crippen LogP contribution in [-0.4, -0.2) is 21.1 Å². The number of benzene rings is 2. The molecule has 4 rings (SSSR count). The van der Waals surface area contributed by atoms with Crippen LogP contribution in [0.2, 0.25) is 0 Å². The van der Waals surface area contributed by atoms with Crippen molar-refractivity contribution in [3.8, 4) is 0 Å². The van der Waals surface area contributed by atoms with Gasteiger partial charge in [-0.05, 0) is 37.2 Å². The van der Waals surface area contributed by atoms with E-state index < -0.39 is 16.5 Å². The molecule has 2 atom stereocenters. The summed E-state index contributed by atoms with van der Waals surface area (Å²) in [5.41, 5.74) is 8.14. The summed E-state index contributed by atoms with van der Waals surface area (Å²) in [5, 5.41) is 6.99. The average Bonchev–Trinajstić information content (AvgIpc) is 3.31. The lowest BCUT2D eigenvalue weighted by Crippen LogP contribution is -2.46. The van der Waals surface area contributed by atoms with Crippen molar-refractivity contribution in [3.63, 3.8) is 0 Å². The number of nitrogens with two attached hydrogens (primary N) is 1. The topological polar surface area (TPSA) is 59.4 Å². The van der Waals surface area contributed by atoms with Crippen molar-refractivity contribution in [2.45, 2.75) is 18.7 Å². The summed E-state index contributed by atoms with van der Waals surface area (Å²) < 4.78 is 30.5. The maximum absolute atomic E-state index is 14.6. The summed E-state index contributed by atoms with van der Waals surface area (Å²) in [7, 11) is 1.91. The van der Waals surface area contributed by atoms with Gasteiger partial charge in [0.15, 0.2) is 5.82 Å². The van der Waals surface area contributed by atoms with Gasteiger partial charge in [-0.3, -0.25) is 0 Å². The van der Waals surface area contributed by atoms with Crippen molar-refractivity contribution in [1.82, 2.24) is 9.55 Å². The minimum absolute atomic E-state index is 0.0795. The number of anilines is 1. The molecule has 1 aliphatic heterocycles. The van der Waals surface area contributed by atoms with E-state index in [0.717, 1.165) is 23.4 Å². The highest BCUT2D eigenvalue weighted by atomic mass is 32.2. The molecule has 3 aromatic rings. The van der Waals surface area contributed by atoms with Crippen LogP contribution in [0.25, 0.3) is 0 Å². The Kier molecular flexibility index (Phi) is 5.38. The summed E-state index contributed by atoms with van der Waals surface area (Å²) in [6.45, 7) is 4.36. The third-order valence-electron chi connectivity index (χ3n) is 5.53. The Morgan fingerprint density at radius 3 is 2.53 bits per heavy atom. The number of thioether (sulfide) groups is 1. The first-order valence-corrected chi connectivity index (χ1v) is 10.5. The number of hydrazone groups is 1. The maximum Gasteiger partial charge on any atom is 0.171 e. The molecule has 0 saturated carbocycles. The van der Waals surface area contributed by atoms with E-state index in [-0.39, 0.29) is 11.5 Å². The van der Waals surface area contributed by atoms with Crippen molar-refractivity contribution in [2.75, 3.05) is 11.6 Å². The van der Waals surface area contributed by atoms with Crippen LogP contribution in [0.1, 0.15) is 23.7 Å². The molecule has 2 heterocycles. The molecule has 0 saturated heterocycles. The molecule has 30 heavy (non-hydrogen) atoms.